The van der Waals surface area contributed by atoms with Gasteiger partial charge in [0.05, 0.1) is 94.4 Å². The molecular weight excluding hydrogens is 1910 g/mol. The number of piperidine rings is 1. The van der Waals surface area contributed by atoms with E-state index in [1.165, 1.54) is 24.9 Å². The van der Waals surface area contributed by atoms with Crippen LogP contribution in [0.3, 0.4) is 0 Å². The molecule has 58 heteroatoms. The first-order chi connectivity index (χ1) is 65.5. The number of esters is 1. The van der Waals surface area contributed by atoms with Crippen molar-refractivity contribution in [1.29, 1.82) is 5.26 Å². The molecule has 0 aliphatic carbocycles. The second-order valence-electron chi connectivity index (χ2n) is 33.6. The van der Waals surface area contributed by atoms with E-state index >= 15 is 0 Å². The molecule has 0 spiro atoms. The van der Waals surface area contributed by atoms with E-state index in [-0.39, 0.29) is 79.0 Å². The third kappa shape index (κ3) is 28.2. The van der Waals surface area contributed by atoms with Crippen molar-refractivity contribution in [2.45, 2.75) is 273 Å². The van der Waals surface area contributed by atoms with Gasteiger partial charge in [-0.05, 0) is 25.5 Å². The second kappa shape index (κ2) is 52.0. The number of likely N-dealkylation sites (tertiary alicyclic amines) is 1. The first-order valence-electron chi connectivity index (χ1n) is 43.7. The number of amides is 2. The molecule has 22 fully saturated rings. The van der Waals surface area contributed by atoms with Gasteiger partial charge >= 0.3 is 41.9 Å². The van der Waals surface area contributed by atoms with E-state index in [0.717, 1.165) is 34.5 Å². The van der Waals surface area contributed by atoms with Crippen molar-refractivity contribution < 1.29 is 234 Å². The second-order valence-corrected chi connectivity index (χ2v) is 35.8. The molecular formula is C80H118F3N8O45S2+. The van der Waals surface area contributed by atoms with Gasteiger partial charge in [0.25, 0.3) is 0 Å². The number of ether oxygens (including phenoxy) is 17. The van der Waals surface area contributed by atoms with Crippen LogP contribution in [0.15, 0.2) is 18.6 Å². The van der Waals surface area contributed by atoms with Gasteiger partial charge in [0.1, 0.15) is 204 Å². The summed E-state index contributed by atoms with van der Waals surface area (Å²) in [5.41, 5.74) is 0.240. The van der Waals surface area contributed by atoms with Gasteiger partial charge in [-0.3, -0.25) is 28.8 Å². The van der Waals surface area contributed by atoms with Gasteiger partial charge in [0.2, 0.25) is 5.91 Å². The highest BCUT2D eigenvalue weighted by molar-refractivity contribution is 7.99. The Kier molecular flexibility index (Phi) is 42.6. The molecule has 22 aliphatic rings. The number of carbonyl (C=O) groups excluding carboxylic acids is 6. The summed E-state index contributed by atoms with van der Waals surface area (Å²) in [5, 5.41) is 238. The molecule has 24 heterocycles. The highest BCUT2D eigenvalue weighted by atomic mass is 32.2. The Labute approximate surface area is 791 Å². The van der Waals surface area contributed by atoms with Gasteiger partial charge < -0.3 is 203 Å². The standard InChI is InChI=1S/C57H91NO39S2.C23H26F3N7O6/c1-18(64)3-5-83-6-4-20(65)7-19(49(79)80)14-98-16-29-23-8-22(66)51(90-29)92-43-24(9-59)86-53(38(74)32(43)68)94-46-27(12-62)89-56(41(77)35(46)71)97-48-30(17-99-15-21(58-2)50(81)82)91-57(42(78)36(48)72)96-47-28(13-63)88-55(40(76)34(47)70)95-45-26(11-61)87-54(39(75)33(45)69)93-44-25(10-60)85-52(84-23)37(73)31(44)67;1-14-4-7-32(17(34)3-6-27)12-16(14)31(2)19-15-5-8-33(20(15)30-13-29-19)22(37)39-10-9-38-18(35)11-28-21(36)23(24,25)26/h19,21-48,51-63,66-78H,1,3-17H2,2H3,(H-,79,80,81,82);5,8,13-14,16H,3-4,7,9-12H2,1-2H3,(H,28,36)/p+1/t19-,21-,22?,23-,24?,25?,26?,27?,28?,29?,30?,31+,32+,33+,34+,35+,36+,37?,38?,39?,40?,41?,42?,43+,44+,45+,46+,47+,48+,51+,52-,53-,54+,55+,56-,57-;14-,16+/m01/s1. The Morgan fingerprint density at radius 2 is 1.00 bits per heavy atom. The predicted octanol–water partition coefficient (Wildman–Crippen LogP) is -11.0. The molecule has 0 aromatic carbocycles. The summed E-state index contributed by atoms with van der Waals surface area (Å²) in [6, 6.07) is 2.22. The average Bonchev–Trinajstić information content (AvgIpc) is 1.49. The number of hydrogen-bond donors (Lipinski definition) is 22. The number of aliphatic hydroxyl groups is 18. The summed E-state index contributed by atoms with van der Waals surface area (Å²) in [7, 11) is 3.18. The van der Waals surface area contributed by atoms with Crippen LogP contribution in [-0.2, 0) is 114 Å². The summed E-state index contributed by atoms with van der Waals surface area (Å²) in [5.74, 6) is -8.93. The van der Waals surface area contributed by atoms with Crippen molar-refractivity contribution in [3.63, 3.8) is 0 Å². The molecule has 53 nitrogen and oxygen atoms in total. The zero-order valence-corrected chi connectivity index (χ0v) is 75.9. The highest BCUT2D eigenvalue weighted by Gasteiger charge is 2.60. The largest absolute Gasteiger partial charge is 0.481 e. The number of nitrogens with zero attached hydrogens (tertiary/aromatic N) is 6. The number of fused-ring (bicyclic) bond motifs is 1. The lowest BCUT2D eigenvalue weighted by Gasteiger charge is -2.50. The number of carbonyl (C=O) groups is 8. The zero-order chi connectivity index (χ0) is 101. The van der Waals surface area contributed by atoms with Crippen molar-refractivity contribution in [1.82, 2.24) is 30.1 Å². The first kappa shape index (κ1) is 113. The van der Waals surface area contributed by atoms with Crippen molar-refractivity contribution in [3.8, 4) is 6.07 Å². The summed E-state index contributed by atoms with van der Waals surface area (Å²) < 4.78 is 135. The number of thioether (sulfide) groups is 2. The van der Waals surface area contributed by atoms with Crippen molar-refractivity contribution in [2.24, 2.45) is 11.8 Å². The third-order valence-electron chi connectivity index (χ3n) is 24.2. The van der Waals surface area contributed by atoms with E-state index in [1.807, 2.05) is 18.0 Å². The van der Waals surface area contributed by atoms with Crippen LogP contribution in [0, 0.1) is 30.1 Å². The van der Waals surface area contributed by atoms with Gasteiger partial charge in [0.15, 0.2) is 49.7 Å². The van der Waals surface area contributed by atoms with Gasteiger partial charge in [-0.25, -0.2) is 24.1 Å². The number of rotatable bonds is 32. The van der Waals surface area contributed by atoms with Gasteiger partial charge in [0, 0.05) is 68.6 Å². The maximum absolute atomic E-state index is 12.9. The average molecular weight is 2030 g/mol. The van der Waals surface area contributed by atoms with Crippen LogP contribution in [0.25, 0.3) is 11.0 Å². The van der Waals surface area contributed by atoms with Crippen LogP contribution < -0.4 is 15.5 Å². The molecule has 38 atom stereocenters. The number of likely N-dealkylation sites (N-methyl/N-ethyl adjacent to an activating group) is 2. The Balaban J connectivity index is 0.000000419. The van der Waals surface area contributed by atoms with Crippen LogP contribution in [0.1, 0.15) is 45.4 Å². The molecule has 14 unspecified atom stereocenters. The molecule has 2 amide bonds. The van der Waals surface area contributed by atoms with Gasteiger partial charge in [-0.2, -0.15) is 42.0 Å². The Morgan fingerprint density at radius 1 is 0.572 bits per heavy atom. The number of nitrogens with one attached hydrogen (secondary N) is 2. The molecule has 24 rings (SSSR count). The molecule has 22 saturated heterocycles. The van der Waals surface area contributed by atoms with Gasteiger partial charge in [-0.1, -0.05) is 6.92 Å². The van der Waals surface area contributed by atoms with Gasteiger partial charge in [-0.15, -0.1) is 0 Å². The summed E-state index contributed by atoms with van der Waals surface area (Å²) >= 11 is 1.77. The number of aliphatic hydroxyl groups excluding tert-OH is 18. The van der Waals surface area contributed by atoms with E-state index in [1.54, 1.807) is 11.0 Å². The quantitative estimate of drug-likeness (QED) is 0.0184. The maximum Gasteiger partial charge on any atom is 0.471 e. The maximum atomic E-state index is 12.9. The number of aliphatic carboxylic acids is 2. The van der Waals surface area contributed by atoms with Crippen LogP contribution in [0.2, 0.25) is 0 Å². The number of anilines is 1. The first-order valence-corrected chi connectivity index (χ1v) is 46.0. The normalized spacial score (nSPS) is 37.5. The van der Waals surface area contributed by atoms with Crippen molar-refractivity contribution in [2.75, 3.05) is 121 Å². The molecule has 22 aliphatic heterocycles. The molecule has 0 saturated carbocycles. The van der Waals surface area contributed by atoms with E-state index in [0.29, 0.717) is 24.3 Å². The lowest BCUT2D eigenvalue weighted by Crippen LogP contribution is -2.68. The molecule has 14 bridgehead atoms. The number of aromatic nitrogens is 3. The molecule has 0 radical (unpaired) electrons. The monoisotopic (exact) mass is 2030 g/mol. The predicted molar refractivity (Wildman–Crippen MR) is 446 cm³/mol. The van der Waals surface area contributed by atoms with Crippen LogP contribution in [0.4, 0.5) is 23.8 Å². The lowest BCUT2D eigenvalue weighted by molar-refractivity contribution is -0.394. The van der Waals surface area contributed by atoms with E-state index < -0.39 is 334 Å². The molecule has 780 valence electrons. The number of carboxylic acid groups (broad SMARTS) is 2. The zero-order valence-electron chi connectivity index (χ0n) is 74.2. The van der Waals surface area contributed by atoms with E-state index in [2.05, 4.69) is 33.9 Å². The lowest BCUT2D eigenvalue weighted by atomic mass is 9.92. The fourth-order valence-electron chi connectivity index (χ4n) is 16.5. The third-order valence-corrected chi connectivity index (χ3v) is 26.5. The van der Waals surface area contributed by atoms with Crippen LogP contribution in [-0.4, -0.2) is 512 Å². The molecule has 2 aromatic heterocycles. The number of carboxylic acids is 2. The van der Waals surface area contributed by atoms with Crippen molar-refractivity contribution >= 4 is 87.8 Å². The summed E-state index contributed by atoms with van der Waals surface area (Å²) in [6.45, 7) is -1.07. The van der Waals surface area contributed by atoms with E-state index in [4.69, 9.17) is 81.1 Å². The number of hydrogen-bond acceptors (Lipinski definition) is 50. The molecule has 138 heavy (non-hydrogen) atoms. The minimum Gasteiger partial charge on any atom is -0.481 e. The Hall–Kier alpha value is -6.93. The molecule has 22 N–H and O–H groups in total. The highest BCUT2D eigenvalue weighted by Crippen LogP contribution is 2.41. The SMILES string of the molecule is C[C@@H]1CCN(C(=O)CC#N)C[C@@H]1N(C)c1ncnc2c1ccn2C(=O)OCCOC(=O)CNC(=O)C(F)(F)F.[CH2+]C(=O)CCOCCC(=O)C[C@@H](CSCC1O[C@@H]2O[C@@H]3C(CO)O[C@@H](O[C@@H]4C(CO)O[C@@H](O[C@@H]5C(CSC[C@H](NC)C(=O)O)O[C@@H](O[C@@H]6C(CO)O[C@H](O[C@@H]7C(CO)O[C@H](O[C@@H]8C(CO)O[C@H](O[C@H]1CC2O)C(O)[C@H]8O)C(O)[C@H]7O)C(O)[C@H]6O)C(O)[C@H]5O)C(O)[C@H]4O)C(O)[C@H]3O)C(=O)O. The fourth-order valence-corrected chi connectivity index (χ4v) is 18.9. The Bertz CT molecular complexity index is 4310. The summed E-state index contributed by atoms with van der Waals surface area (Å²) in [6.07, 6.45) is -71.3. The number of ketones is 2. The fraction of sp³-hybridized carbons (Fsp3) is 0.800. The number of nitriles is 1. The Morgan fingerprint density at radius 3 is 1.44 bits per heavy atom. The van der Waals surface area contributed by atoms with Crippen LogP contribution >= 0.6 is 23.5 Å². The van der Waals surface area contributed by atoms with Crippen molar-refractivity contribution in [3.05, 3.63) is 25.5 Å². The smallest absolute Gasteiger partial charge is 0.471 e. The summed E-state index contributed by atoms with van der Waals surface area (Å²) in [4.78, 5) is 108. The number of Topliss-reactive ketones (excluding diaryl/α,β-unsaturated/α-hetero) is 2. The minimum absolute atomic E-state index is 0.0117. The van der Waals surface area contributed by atoms with Crippen LogP contribution in [0.5, 0.6) is 0 Å². The van der Waals surface area contributed by atoms with E-state index in [9.17, 15) is 154 Å². The molecule has 2 aromatic rings. The topological polar surface area (TPSA) is 783 Å². The number of alkyl halides is 3. The minimum atomic E-state index is -5.13. The number of halogens is 3.